The Balaban J connectivity index is 1.91. The van der Waals surface area contributed by atoms with E-state index in [9.17, 15) is 24.3 Å². The molecule has 10 heteroatoms. The summed E-state index contributed by atoms with van der Waals surface area (Å²) < 4.78 is 5.06. The van der Waals surface area contributed by atoms with Crippen LogP contribution in [0.4, 0.5) is 5.00 Å². The van der Waals surface area contributed by atoms with Gasteiger partial charge < -0.3 is 9.84 Å². The van der Waals surface area contributed by atoms with Crippen molar-refractivity contribution in [2.24, 2.45) is 0 Å². The van der Waals surface area contributed by atoms with Crippen molar-refractivity contribution >= 4 is 51.9 Å². The minimum Gasteiger partial charge on any atom is -0.478 e. The fourth-order valence-corrected chi connectivity index (χ4v) is 5.03. The third kappa shape index (κ3) is 4.18. The van der Waals surface area contributed by atoms with Crippen molar-refractivity contribution in [2.45, 2.75) is 37.0 Å². The van der Waals surface area contributed by atoms with Crippen LogP contribution >= 0.6 is 23.1 Å². The summed E-state index contributed by atoms with van der Waals surface area (Å²) in [6, 6.07) is 4.52. The van der Waals surface area contributed by atoms with Crippen molar-refractivity contribution in [3.63, 3.8) is 0 Å². The normalized spacial score (nSPS) is 16.3. The number of nitrogens with zero attached hydrogens (tertiary/aromatic N) is 2. The Kier molecular flexibility index (Phi) is 6.33. The Morgan fingerprint density at radius 1 is 1.34 bits per heavy atom. The molecule has 3 heterocycles. The number of hydrogen-bond donors (Lipinski definition) is 1. The number of carboxylic acid groups (broad SMARTS) is 1. The number of carbonyl (C=O) groups is 4. The number of esters is 1. The molecule has 152 valence electrons. The van der Waals surface area contributed by atoms with E-state index in [0.717, 1.165) is 21.5 Å². The molecule has 1 N–H and O–H groups in total. The van der Waals surface area contributed by atoms with Gasteiger partial charge in [0.05, 0.1) is 23.0 Å². The average Bonchev–Trinajstić information content (AvgIpc) is 3.23. The van der Waals surface area contributed by atoms with Gasteiger partial charge in [-0.2, -0.15) is 0 Å². The van der Waals surface area contributed by atoms with Crippen LogP contribution in [0, 0.1) is 0 Å². The molecular weight excluding hydrogens is 416 g/mol. The standard InChI is InChI=1S/C19H18N2O6S2/c1-3-10-8-12(19(26)27-4-2)17(28-10)21-14(22)9-13(16(21)23)29-15-11(18(24)25)6-5-7-20-15/h5-8,13H,3-4,9H2,1-2H3,(H,24,25)/t13-/m0/s1. The summed E-state index contributed by atoms with van der Waals surface area (Å²) in [5.74, 6) is -2.70. The highest BCUT2D eigenvalue weighted by Gasteiger charge is 2.43. The topological polar surface area (TPSA) is 114 Å². The zero-order valence-electron chi connectivity index (χ0n) is 15.7. The fraction of sp³-hybridized carbons (Fsp3) is 0.316. The van der Waals surface area contributed by atoms with Crippen molar-refractivity contribution < 1.29 is 29.0 Å². The molecule has 0 saturated carbocycles. The molecule has 8 nitrogen and oxygen atoms in total. The molecule has 1 saturated heterocycles. The summed E-state index contributed by atoms with van der Waals surface area (Å²) in [6.45, 7) is 3.76. The van der Waals surface area contributed by atoms with Crippen molar-refractivity contribution in [1.29, 1.82) is 0 Å². The molecule has 2 amide bonds. The molecule has 0 spiro atoms. The number of carbonyl (C=O) groups excluding carboxylic acids is 3. The monoisotopic (exact) mass is 434 g/mol. The SMILES string of the molecule is CCOC(=O)c1cc(CC)sc1N1C(=O)C[C@H](Sc2ncccc2C(=O)O)C1=O. The highest BCUT2D eigenvalue weighted by atomic mass is 32.2. The maximum Gasteiger partial charge on any atom is 0.341 e. The maximum atomic E-state index is 13.0. The Hall–Kier alpha value is -2.72. The van der Waals surface area contributed by atoms with E-state index in [2.05, 4.69) is 4.98 Å². The molecule has 2 aromatic rings. The first-order valence-corrected chi connectivity index (χ1v) is 10.6. The predicted octanol–water partition coefficient (Wildman–Crippen LogP) is 3.00. The van der Waals surface area contributed by atoms with E-state index in [0.29, 0.717) is 6.42 Å². The molecular formula is C19H18N2O6S2. The van der Waals surface area contributed by atoms with Gasteiger partial charge in [-0.1, -0.05) is 18.7 Å². The van der Waals surface area contributed by atoms with Crippen LogP contribution in [0.2, 0.25) is 0 Å². The smallest absolute Gasteiger partial charge is 0.341 e. The van der Waals surface area contributed by atoms with Crippen LogP contribution in [0.15, 0.2) is 29.4 Å². The van der Waals surface area contributed by atoms with E-state index in [4.69, 9.17) is 4.74 Å². The van der Waals surface area contributed by atoms with Gasteiger partial charge >= 0.3 is 11.9 Å². The minimum absolute atomic E-state index is 0.0344. The fourth-order valence-electron chi connectivity index (χ4n) is 2.82. The Bertz CT molecular complexity index is 987. The van der Waals surface area contributed by atoms with Crippen molar-refractivity contribution in [2.75, 3.05) is 11.5 Å². The molecule has 1 aliphatic heterocycles. The lowest BCUT2D eigenvalue weighted by molar-refractivity contribution is -0.121. The van der Waals surface area contributed by atoms with Crippen LogP contribution in [-0.2, 0) is 20.7 Å². The van der Waals surface area contributed by atoms with Crippen molar-refractivity contribution in [3.8, 4) is 0 Å². The van der Waals surface area contributed by atoms with Crippen LogP contribution < -0.4 is 4.90 Å². The number of rotatable bonds is 7. The molecule has 2 aromatic heterocycles. The zero-order valence-corrected chi connectivity index (χ0v) is 17.3. The molecule has 1 fully saturated rings. The van der Waals surface area contributed by atoms with Gasteiger partial charge in [0.15, 0.2) is 0 Å². The first-order chi connectivity index (χ1) is 13.9. The maximum absolute atomic E-state index is 13.0. The summed E-state index contributed by atoms with van der Waals surface area (Å²) in [4.78, 5) is 55.2. The molecule has 29 heavy (non-hydrogen) atoms. The van der Waals surface area contributed by atoms with Crippen LogP contribution in [-0.4, -0.2) is 45.7 Å². The number of aromatic nitrogens is 1. The lowest BCUT2D eigenvalue weighted by Gasteiger charge is -2.15. The van der Waals surface area contributed by atoms with E-state index in [1.807, 2.05) is 6.92 Å². The summed E-state index contributed by atoms with van der Waals surface area (Å²) in [7, 11) is 0. The first-order valence-electron chi connectivity index (χ1n) is 8.88. The van der Waals surface area contributed by atoms with Gasteiger partial charge in [-0.25, -0.2) is 19.5 Å². The van der Waals surface area contributed by atoms with Crippen LogP contribution in [0.25, 0.3) is 0 Å². The van der Waals surface area contributed by atoms with E-state index >= 15 is 0 Å². The highest BCUT2D eigenvalue weighted by molar-refractivity contribution is 8.00. The van der Waals surface area contributed by atoms with E-state index in [-0.39, 0.29) is 34.2 Å². The second-order valence-corrected chi connectivity index (χ2v) is 8.35. The Morgan fingerprint density at radius 3 is 2.76 bits per heavy atom. The van der Waals surface area contributed by atoms with Gasteiger partial charge in [0.25, 0.3) is 0 Å². The quantitative estimate of drug-likeness (QED) is 0.523. The lowest BCUT2D eigenvalue weighted by Crippen LogP contribution is -2.31. The summed E-state index contributed by atoms with van der Waals surface area (Å²) >= 11 is 2.14. The van der Waals surface area contributed by atoms with Gasteiger partial charge in [-0.15, -0.1) is 11.3 Å². The minimum atomic E-state index is -1.16. The number of aromatic carboxylic acids is 1. The first kappa shape index (κ1) is 21.0. The largest absolute Gasteiger partial charge is 0.478 e. The third-order valence-corrected chi connectivity index (χ3v) is 6.64. The molecule has 0 unspecified atom stereocenters. The number of carboxylic acids is 1. The highest BCUT2D eigenvalue weighted by Crippen LogP contribution is 2.39. The zero-order chi connectivity index (χ0) is 21.1. The second-order valence-electron chi connectivity index (χ2n) is 6.04. The molecule has 0 aliphatic carbocycles. The summed E-state index contributed by atoms with van der Waals surface area (Å²) in [6.07, 6.45) is 1.96. The number of thiophene rings is 1. The van der Waals surface area contributed by atoms with Gasteiger partial charge in [0.1, 0.15) is 10.0 Å². The van der Waals surface area contributed by atoms with Gasteiger partial charge in [-0.3, -0.25) is 9.59 Å². The molecule has 0 radical (unpaired) electrons. The van der Waals surface area contributed by atoms with Gasteiger partial charge in [0, 0.05) is 17.5 Å². The van der Waals surface area contributed by atoms with Crippen molar-refractivity contribution in [1.82, 2.24) is 4.98 Å². The molecule has 1 aliphatic rings. The molecule has 0 aromatic carbocycles. The Morgan fingerprint density at radius 2 is 2.10 bits per heavy atom. The van der Waals surface area contributed by atoms with Gasteiger partial charge in [-0.05, 0) is 31.5 Å². The summed E-state index contributed by atoms with van der Waals surface area (Å²) in [5, 5.41) is 8.89. The van der Waals surface area contributed by atoms with Crippen LogP contribution in [0.3, 0.4) is 0 Å². The third-order valence-electron chi connectivity index (χ3n) is 4.17. The van der Waals surface area contributed by atoms with E-state index < -0.39 is 29.0 Å². The van der Waals surface area contributed by atoms with E-state index in [1.165, 1.54) is 29.7 Å². The van der Waals surface area contributed by atoms with Gasteiger partial charge in [0.2, 0.25) is 11.8 Å². The second kappa shape index (κ2) is 8.75. The number of amides is 2. The number of imide groups is 1. The number of anilines is 1. The lowest BCUT2D eigenvalue weighted by atomic mass is 10.2. The van der Waals surface area contributed by atoms with E-state index in [1.54, 1.807) is 13.0 Å². The number of aryl methyl sites for hydroxylation is 1. The van der Waals surface area contributed by atoms with Crippen LogP contribution in [0.1, 0.15) is 45.9 Å². The number of thioether (sulfide) groups is 1. The predicted molar refractivity (Wildman–Crippen MR) is 108 cm³/mol. The van der Waals surface area contributed by atoms with Crippen molar-refractivity contribution in [3.05, 3.63) is 40.4 Å². The number of ether oxygens (including phenoxy) is 1. The Labute approximate surface area is 174 Å². The van der Waals surface area contributed by atoms with Crippen LogP contribution in [0.5, 0.6) is 0 Å². The summed E-state index contributed by atoms with van der Waals surface area (Å²) in [5.41, 5.74) is 0.151. The number of hydrogen-bond acceptors (Lipinski definition) is 8. The molecule has 3 rings (SSSR count). The average molecular weight is 434 g/mol. The molecule has 1 atom stereocenters. The number of pyridine rings is 1. The molecule has 0 bridgehead atoms.